The maximum atomic E-state index is 4.22. The number of hydrogen-bond acceptors (Lipinski definition) is 2. The van der Waals surface area contributed by atoms with Crippen LogP contribution in [0.2, 0.25) is 0 Å². The van der Waals surface area contributed by atoms with Crippen LogP contribution < -0.4 is 5.43 Å². The standard InChI is InChI=1S/C14H18N3/c1-10-8-9-12-14(16-17-15-12)13(10)11-6-4-2-3-5-7-11/h8-9,11H,2-7H2,1H3. The first-order valence-corrected chi connectivity index (χ1v) is 6.61. The predicted molar refractivity (Wildman–Crippen MR) is 67.9 cm³/mol. The molecule has 0 aromatic heterocycles. The zero-order chi connectivity index (χ0) is 11.7. The average molecular weight is 228 g/mol. The number of hydrogen-bond donors (Lipinski definition) is 0. The number of nitrogens with zero attached hydrogens (tertiary/aromatic N) is 3. The molecular weight excluding hydrogens is 210 g/mol. The van der Waals surface area contributed by atoms with Gasteiger partial charge in [-0.05, 0) is 48.1 Å². The van der Waals surface area contributed by atoms with Crippen molar-refractivity contribution in [3.63, 3.8) is 0 Å². The molecule has 0 bridgehead atoms. The van der Waals surface area contributed by atoms with Crippen molar-refractivity contribution in [2.45, 2.75) is 51.4 Å². The van der Waals surface area contributed by atoms with Gasteiger partial charge in [-0.1, -0.05) is 31.7 Å². The van der Waals surface area contributed by atoms with Crippen molar-refractivity contribution in [2.24, 2.45) is 10.3 Å². The molecule has 0 unspecified atom stereocenters. The second-order valence-corrected chi connectivity index (χ2v) is 5.14. The lowest BCUT2D eigenvalue weighted by Crippen LogP contribution is -2.00. The zero-order valence-electron chi connectivity index (χ0n) is 10.3. The molecule has 1 aromatic carbocycles. The Kier molecular flexibility index (Phi) is 2.83. The van der Waals surface area contributed by atoms with E-state index in [0.29, 0.717) is 5.92 Å². The van der Waals surface area contributed by atoms with E-state index in [4.69, 9.17) is 0 Å². The molecule has 1 aliphatic heterocycles. The molecule has 1 radical (unpaired) electrons. The third kappa shape index (κ3) is 1.94. The van der Waals surface area contributed by atoms with Gasteiger partial charge in [0.05, 0.1) is 0 Å². The lowest BCUT2D eigenvalue weighted by atomic mass is 9.87. The van der Waals surface area contributed by atoms with E-state index in [-0.39, 0.29) is 0 Å². The molecule has 0 spiro atoms. The van der Waals surface area contributed by atoms with Gasteiger partial charge in [-0.2, -0.15) is 0 Å². The molecule has 1 aliphatic carbocycles. The Hall–Kier alpha value is -1.38. The van der Waals surface area contributed by atoms with E-state index in [0.717, 1.165) is 11.4 Å². The topological polar surface area (TPSA) is 38.8 Å². The number of rotatable bonds is 1. The van der Waals surface area contributed by atoms with Crippen LogP contribution in [0.4, 0.5) is 11.4 Å². The molecule has 1 fully saturated rings. The van der Waals surface area contributed by atoms with Gasteiger partial charge in [0, 0.05) is 0 Å². The molecule has 2 aliphatic rings. The van der Waals surface area contributed by atoms with Crippen molar-refractivity contribution in [2.75, 3.05) is 0 Å². The predicted octanol–water partition coefficient (Wildman–Crippen LogP) is 4.68. The lowest BCUT2D eigenvalue weighted by molar-refractivity contribution is 0.590. The molecule has 0 atom stereocenters. The first-order chi connectivity index (χ1) is 8.36. The summed E-state index contributed by atoms with van der Waals surface area (Å²) in [5.74, 6) is 0.666. The molecule has 89 valence electrons. The van der Waals surface area contributed by atoms with Gasteiger partial charge in [0.1, 0.15) is 11.4 Å². The van der Waals surface area contributed by atoms with E-state index in [9.17, 15) is 0 Å². The molecule has 0 N–H and O–H groups in total. The minimum absolute atomic E-state index is 0.666. The zero-order valence-corrected chi connectivity index (χ0v) is 10.3. The summed E-state index contributed by atoms with van der Waals surface area (Å²) in [4.78, 5) is 0. The summed E-state index contributed by atoms with van der Waals surface area (Å²) in [5.41, 5.74) is 8.83. The minimum atomic E-state index is 0.666. The summed E-state index contributed by atoms with van der Waals surface area (Å²) < 4.78 is 0. The Labute approximate surface area is 102 Å². The van der Waals surface area contributed by atoms with Crippen molar-refractivity contribution in [1.82, 2.24) is 5.43 Å². The quantitative estimate of drug-likeness (QED) is 0.626. The third-order valence-electron chi connectivity index (χ3n) is 3.97. The van der Waals surface area contributed by atoms with Crippen LogP contribution in [0.25, 0.3) is 0 Å². The normalized spacial score (nSPS) is 19.8. The van der Waals surface area contributed by atoms with E-state index in [2.05, 4.69) is 28.8 Å². The summed E-state index contributed by atoms with van der Waals surface area (Å²) in [6, 6.07) is 4.20. The van der Waals surface area contributed by atoms with E-state index in [1.807, 2.05) is 6.07 Å². The largest absolute Gasteiger partial charge is 0.128 e. The highest BCUT2D eigenvalue weighted by Crippen LogP contribution is 2.44. The molecule has 0 saturated heterocycles. The van der Waals surface area contributed by atoms with Crippen molar-refractivity contribution >= 4 is 11.4 Å². The summed E-state index contributed by atoms with van der Waals surface area (Å²) in [5, 5.41) is 8.05. The molecule has 3 rings (SSSR count). The lowest BCUT2D eigenvalue weighted by Gasteiger charge is -2.18. The fraction of sp³-hybridized carbons (Fsp3) is 0.571. The fourth-order valence-electron chi connectivity index (χ4n) is 3.08. The number of benzene rings is 1. The van der Waals surface area contributed by atoms with E-state index < -0.39 is 0 Å². The molecule has 0 amide bonds. The van der Waals surface area contributed by atoms with Crippen LogP contribution in [0.1, 0.15) is 55.6 Å². The van der Waals surface area contributed by atoms with E-state index in [1.165, 1.54) is 49.7 Å². The van der Waals surface area contributed by atoms with Gasteiger partial charge in [-0.3, -0.25) is 0 Å². The SMILES string of the molecule is Cc1ccc2c(c1C1CCCCCC1)N=N[N]2. The van der Waals surface area contributed by atoms with E-state index >= 15 is 0 Å². The highest BCUT2D eigenvalue weighted by Gasteiger charge is 2.23. The molecule has 17 heavy (non-hydrogen) atoms. The van der Waals surface area contributed by atoms with Gasteiger partial charge >= 0.3 is 0 Å². The van der Waals surface area contributed by atoms with Crippen LogP contribution >= 0.6 is 0 Å². The smallest absolute Gasteiger partial charge is 0.119 e. The third-order valence-corrected chi connectivity index (χ3v) is 3.97. The van der Waals surface area contributed by atoms with Gasteiger partial charge in [-0.15, -0.1) is 10.5 Å². The summed E-state index contributed by atoms with van der Waals surface area (Å²) in [6.45, 7) is 2.19. The fourth-order valence-corrected chi connectivity index (χ4v) is 3.08. The van der Waals surface area contributed by atoms with Crippen LogP contribution in [0.15, 0.2) is 22.5 Å². The van der Waals surface area contributed by atoms with Gasteiger partial charge in [0.15, 0.2) is 0 Å². The van der Waals surface area contributed by atoms with Crippen molar-refractivity contribution < 1.29 is 0 Å². The summed E-state index contributed by atoms with van der Waals surface area (Å²) >= 11 is 0. The maximum absolute atomic E-state index is 4.22. The van der Waals surface area contributed by atoms with Crippen molar-refractivity contribution in [1.29, 1.82) is 0 Å². The van der Waals surface area contributed by atoms with Crippen molar-refractivity contribution in [3.05, 3.63) is 23.3 Å². The average Bonchev–Trinajstić information content (AvgIpc) is 2.63. The highest BCUT2D eigenvalue weighted by molar-refractivity contribution is 5.69. The molecule has 1 heterocycles. The molecule has 3 nitrogen and oxygen atoms in total. The molecule has 1 saturated carbocycles. The van der Waals surface area contributed by atoms with Crippen molar-refractivity contribution in [3.8, 4) is 0 Å². The first kappa shape index (κ1) is 10.8. The van der Waals surface area contributed by atoms with Gasteiger partial charge in [0.2, 0.25) is 0 Å². The summed E-state index contributed by atoms with van der Waals surface area (Å²) in [7, 11) is 0. The number of fused-ring (bicyclic) bond motifs is 1. The molecule has 3 heteroatoms. The van der Waals surface area contributed by atoms with E-state index in [1.54, 1.807) is 0 Å². The van der Waals surface area contributed by atoms with Crippen LogP contribution in [0.5, 0.6) is 0 Å². The Bertz CT molecular complexity index is 443. The number of aryl methyl sites for hydroxylation is 1. The van der Waals surface area contributed by atoms with Gasteiger partial charge < -0.3 is 0 Å². The Morgan fingerprint density at radius 1 is 1.06 bits per heavy atom. The monoisotopic (exact) mass is 228 g/mol. The van der Waals surface area contributed by atoms with Crippen LogP contribution in [-0.2, 0) is 0 Å². The first-order valence-electron chi connectivity index (χ1n) is 6.61. The second-order valence-electron chi connectivity index (χ2n) is 5.14. The Balaban J connectivity index is 2.00. The maximum Gasteiger partial charge on any atom is 0.119 e. The summed E-state index contributed by atoms with van der Waals surface area (Å²) in [6.07, 6.45) is 8.07. The second kappa shape index (κ2) is 4.47. The highest BCUT2D eigenvalue weighted by atomic mass is 15.5. The van der Waals surface area contributed by atoms with Crippen LogP contribution in [0.3, 0.4) is 0 Å². The Morgan fingerprint density at radius 2 is 1.82 bits per heavy atom. The van der Waals surface area contributed by atoms with Crippen LogP contribution in [-0.4, -0.2) is 0 Å². The van der Waals surface area contributed by atoms with Gasteiger partial charge in [-0.25, -0.2) is 0 Å². The molecular formula is C14H18N3. The van der Waals surface area contributed by atoms with Crippen LogP contribution in [0, 0.1) is 6.92 Å². The minimum Gasteiger partial charge on any atom is -0.128 e. The Morgan fingerprint density at radius 3 is 2.59 bits per heavy atom. The van der Waals surface area contributed by atoms with Gasteiger partial charge in [0.25, 0.3) is 0 Å². The molecule has 1 aromatic rings.